The Hall–Kier alpha value is -2.11. The van der Waals surface area contributed by atoms with Crippen molar-refractivity contribution >= 4 is 11.9 Å². The van der Waals surface area contributed by atoms with Gasteiger partial charge in [0.1, 0.15) is 17.7 Å². The molecule has 144 valence electrons. The minimum Gasteiger partial charge on any atom is -0.482 e. The lowest BCUT2D eigenvalue weighted by molar-refractivity contribution is -0.167. The zero-order valence-electron chi connectivity index (χ0n) is 15.6. The summed E-state index contributed by atoms with van der Waals surface area (Å²) in [6, 6.07) is 5.44. The normalized spacial score (nSPS) is 22.7. The third-order valence-corrected chi connectivity index (χ3v) is 4.75. The number of hydrogen-bond acceptors (Lipinski definition) is 5. The molecular formula is C20H27FO5. The zero-order valence-corrected chi connectivity index (χ0v) is 15.6. The molecule has 1 aromatic rings. The second-order valence-corrected chi connectivity index (χ2v) is 7.26. The first kappa shape index (κ1) is 20.2. The Kier molecular flexibility index (Phi) is 7.42. The molecular weight excluding hydrogens is 339 g/mol. The van der Waals surface area contributed by atoms with E-state index in [1.54, 1.807) is 0 Å². The summed E-state index contributed by atoms with van der Waals surface area (Å²) in [5.41, 5.74) is 0. The largest absolute Gasteiger partial charge is 0.482 e. The third kappa shape index (κ3) is 6.32. The van der Waals surface area contributed by atoms with Crippen LogP contribution in [-0.2, 0) is 19.1 Å². The first-order valence-corrected chi connectivity index (χ1v) is 9.08. The van der Waals surface area contributed by atoms with Gasteiger partial charge >= 0.3 is 11.9 Å². The van der Waals surface area contributed by atoms with Crippen LogP contribution < -0.4 is 4.74 Å². The maximum Gasteiger partial charge on any atom is 0.344 e. The molecule has 0 aromatic heterocycles. The first-order valence-electron chi connectivity index (χ1n) is 9.08. The van der Waals surface area contributed by atoms with Gasteiger partial charge in [0, 0.05) is 6.07 Å². The molecule has 3 atom stereocenters. The molecule has 0 radical (unpaired) electrons. The van der Waals surface area contributed by atoms with Gasteiger partial charge in [0.2, 0.25) is 0 Å². The summed E-state index contributed by atoms with van der Waals surface area (Å²) in [6.07, 6.45) is 2.89. The van der Waals surface area contributed by atoms with Crippen molar-refractivity contribution in [2.75, 3.05) is 13.2 Å². The van der Waals surface area contributed by atoms with Crippen molar-refractivity contribution < 1.29 is 28.2 Å². The van der Waals surface area contributed by atoms with Crippen LogP contribution in [0.25, 0.3) is 0 Å². The van der Waals surface area contributed by atoms with E-state index < -0.39 is 31.0 Å². The minimum atomic E-state index is -0.705. The van der Waals surface area contributed by atoms with E-state index in [1.165, 1.54) is 18.2 Å². The molecule has 0 amide bonds. The summed E-state index contributed by atoms with van der Waals surface area (Å²) < 4.78 is 28.6. The van der Waals surface area contributed by atoms with Gasteiger partial charge in [-0.2, -0.15) is 0 Å². The smallest absolute Gasteiger partial charge is 0.344 e. The van der Waals surface area contributed by atoms with Crippen LogP contribution >= 0.6 is 0 Å². The Labute approximate surface area is 153 Å². The lowest BCUT2D eigenvalue weighted by Gasteiger charge is -2.36. The van der Waals surface area contributed by atoms with Crippen LogP contribution in [0.15, 0.2) is 24.3 Å². The van der Waals surface area contributed by atoms with Crippen molar-refractivity contribution in [3.8, 4) is 5.75 Å². The fourth-order valence-corrected chi connectivity index (χ4v) is 3.33. The lowest BCUT2D eigenvalue weighted by atomic mass is 9.75. The van der Waals surface area contributed by atoms with Gasteiger partial charge in [0.25, 0.3) is 0 Å². The number of carbonyl (C=O) groups is 2. The maximum absolute atomic E-state index is 13.0. The molecule has 1 saturated carbocycles. The summed E-state index contributed by atoms with van der Waals surface area (Å²) in [7, 11) is 0. The Balaban J connectivity index is 1.74. The second-order valence-electron chi connectivity index (χ2n) is 7.26. The van der Waals surface area contributed by atoms with Crippen LogP contribution in [0.4, 0.5) is 4.39 Å². The van der Waals surface area contributed by atoms with Crippen molar-refractivity contribution in [2.45, 2.75) is 46.1 Å². The summed E-state index contributed by atoms with van der Waals surface area (Å²) in [5.74, 6) is -0.200. The summed E-state index contributed by atoms with van der Waals surface area (Å²) in [6.45, 7) is 5.57. The van der Waals surface area contributed by atoms with Crippen LogP contribution in [0.3, 0.4) is 0 Å². The van der Waals surface area contributed by atoms with E-state index in [9.17, 15) is 14.0 Å². The molecule has 0 spiro atoms. The number of carbonyl (C=O) groups excluding carboxylic acids is 2. The second kappa shape index (κ2) is 9.55. The van der Waals surface area contributed by atoms with Crippen LogP contribution in [-0.4, -0.2) is 31.3 Å². The number of benzene rings is 1. The highest BCUT2D eigenvalue weighted by Gasteiger charge is 2.33. The average Bonchev–Trinajstić information content (AvgIpc) is 2.58. The highest BCUT2D eigenvalue weighted by Crippen LogP contribution is 2.35. The summed E-state index contributed by atoms with van der Waals surface area (Å²) in [5, 5.41) is 0. The van der Waals surface area contributed by atoms with E-state index in [-0.39, 0.29) is 11.9 Å². The van der Waals surface area contributed by atoms with E-state index in [0.29, 0.717) is 17.8 Å². The average molecular weight is 366 g/mol. The fourth-order valence-electron chi connectivity index (χ4n) is 3.33. The molecule has 0 heterocycles. The van der Waals surface area contributed by atoms with Gasteiger partial charge in [0.05, 0.1) is 0 Å². The van der Waals surface area contributed by atoms with Gasteiger partial charge in [-0.05, 0) is 42.7 Å². The van der Waals surface area contributed by atoms with E-state index in [4.69, 9.17) is 14.2 Å². The van der Waals surface area contributed by atoms with E-state index >= 15 is 0 Å². The van der Waals surface area contributed by atoms with Crippen LogP contribution in [0.5, 0.6) is 5.75 Å². The van der Waals surface area contributed by atoms with Crippen LogP contribution in [0, 0.1) is 23.6 Å². The zero-order chi connectivity index (χ0) is 19.1. The predicted octanol–water partition coefficient (Wildman–Crippen LogP) is 3.75. The van der Waals surface area contributed by atoms with Gasteiger partial charge in [-0.15, -0.1) is 0 Å². The summed E-state index contributed by atoms with van der Waals surface area (Å²) >= 11 is 0. The SMILES string of the molecule is CC(C)[C@H]1CC[C@@H](C)C[C@@H]1OC(=O)COC(=O)COc1cccc(F)c1. The van der Waals surface area contributed by atoms with Gasteiger partial charge in [0.15, 0.2) is 13.2 Å². The molecule has 0 saturated heterocycles. The molecule has 0 bridgehead atoms. The molecule has 0 N–H and O–H groups in total. The lowest BCUT2D eigenvalue weighted by Crippen LogP contribution is -2.37. The first-order chi connectivity index (χ1) is 12.3. The Morgan fingerprint density at radius 2 is 1.96 bits per heavy atom. The molecule has 0 aliphatic heterocycles. The van der Waals surface area contributed by atoms with Crippen molar-refractivity contribution in [2.24, 2.45) is 17.8 Å². The molecule has 26 heavy (non-hydrogen) atoms. The molecule has 1 aromatic carbocycles. The van der Waals surface area contributed by atoms with E-state index in [1.807, 2.05) is 0 Å². The molecule has 1 aliphatic carbocycles. The standard InChI is InChI=1S/C20H27FO5/c1-13(2)17-8-7-14(3)9-18(17)26-20(23)12-25-19(22)11-24-16-6-4-5-15(21)10-16/h4-6,10,13-14,17-18H,7-9,11-12H2,1-3H3/t14-,17-,18+/m1/s1. The molecule has 5 nitrogen and oxygen atoms in total. The van der Waals surface area contributed by atoms with Crippen LogP contribution in [0.2, 0.25) is 0 Å². The van der Waals surface area contributed by atoms with E-state index in [2.05, 4.69) is 20.8 Å². The molecule has 1 fully saturated rings. The number of esters is 2. The van der Waals surface area contributed by atoms with Gasteiger partial charge in [-0.1, -0.05) is 33.3 Å². The molecule has 2 rings (SSSR count). The van der Waals surface area contributed by atoms with Crippen molar-refractivity contribution in [1.29, 1.82) is 0 Å². The highest BCUT2D eigenvalue weighted by molar-refractivity contribution is 5.77. The number of ether oxygens (including phenoxy) is 3. The van der Waals surface area contributed by atoms with Gasteiger partial charge in [-0.3, -0.25) is 0 Å². The molecule has 6 heteroatoms. The topological polar surface area (TPSA) is 61.8 Å². The van der Waals surface area contributed by atoms with Crippen molar-refractivity contribution in [3.63, 3.8) is 0 Å². The van der Waals surface area contributed by atoms with Crippen molar-refractivity contribution in [1.82, 2.24) is 0 Å². The number of halogens is 1. The maximum atomic E-state index is 13.0. The Morgan fingerprint density at radius 3 is 2.65 bits per heavy atom. The van der Waals surface area contributed by atoms with Gasteiger partial charge < -0.3 is 14.2 Å². The number of rotatable bonds is 7. The Bertz CT molecular complexity index is 616. The quantitative estimate of drug-likeness (QED) is 0.688. The molecule has 1 aliphatic rings. The number of hydrogen-bond donors (Lipinski definition) is 0. The third-order valence-electron chi connectivity index (χ3n) is 4.75. The van der Waals surface area contributed by atoms with Crippen LogP contribution in [0.1, 0.15) is 40.0 Å². The monoisotopic (exact) mass is 366 g/mol. The molecule has 0 unspecified atom stereocenters. The van der Waals surface area contributed by atoms with E-state index in [0.717, 1.165) is 25.3 Å². The Morgan fingerprint density at radius 1 is 1.19 bits per heavy atom. The fraction of sp³-hybridized carbons (Fsp3) is 0.600. The predicted molar refractivity (Wildman–Crippen MR) is 94.1 cm³/mol. The van der Waals surface area contributed by atoms with Crippen molar-refractivity contribution in [3.05, 3.63) is 30.1 Å². The minimum absolute atomic E-state index is 0.131. The summed E-state index contributed by atoms with van der Waals surface area (Å²) in [4.78, 5) is 23.7. The highest BCUT2D eigenvalue weighted by atomic mass is 19.1. The van der Waals surface area contributed by atoms with Gasteiger partial charge in [-0.25, -0.2) is 14.0 Å².